The third-order valence-corrected chi connectivity index (χ3v) is 3.76. The quantitative estimate of drug-likeness (QED) is 0.860. The summed E-state index contributed by atoms with van der Waals surface area (Å²) in [6, 6.07) is 6.86. The number of rotatable bonds is 4. The topological polar surface area (TPSA) is 65.2 Å². The minimum Gasteiger partial charge on any atom is -0.340 e. The summed E-state index contributed by atoms with van der Waals surface area (Å²) in [4.78, 5) is 28.5. The van der Waals surface area contributed by atoms with Gasteiger partial charge in [-0.05, 0) is 29.0 Å². The summed E-state index contributed by atoms with van der Waals surface area (Å²) in [5.74, 6) is -0.158. The number of nitrogens with one attached hydrogen (secondary N) is 2. The van der Waals surface area contributed by atoms with Gasteiger partial charge in [0.15, 0.2) is 0 Å². The summed E-state index contributed by atoms with van der Waals surface area (Å²) < 4.78 is 0.764. The van der Waals surface area contributed by atoms with Crippen LogP contribution >= 0.6 is 28.3 Å². The molecule has 0 atom stereocenters. The zero-order valence-electron chi connectivity index (χ0n) is 11.8. The Bertz CT molecular complexity index is 702. The predicted octanol–water partition coefficient (Wildman–Crippen LogP) is 2.00. The van der Waals surface area contributed by atoms with Crippen LogP contribution in [0, 0.1) is 0 Å². The molecule has 2 N–H and O–H groups in total. The first-order valence-electron chi connectivity index (χ1n) is 6.26. The van der Waals surface area contributed by atoms with Crippen LogP contribution in [0.3, 0.4) is 0 Å². The number of nitrogens with zero attached hydrogens (tertiary/aromatic N) is 1. The van der Waals surface area contributed by atoms with Gasteiger partial charge in [-0.3, -0.25) is 9.59 Å². The minimum atomic E-state index is -0.283. The third kappa shape index (κ3) is 3.84. The molecule has 0 bridgehead atoms. The van der Waals surface area contributed by atoms with Crippen LogP contribution in [0.5, 0.6) is 0 Å². The number of carbonyl (C=O) groups excluding carboxylic acids is 1. The summed E-state index contributed by atoms with van der Waals surface area (Å²) in [6.07, 6.45) is 0. The number of hydrogen-bond donors (Lipinski definition) is 2. The van der Waals surface area contributed by atoms with E-state index in [9.17, 15) is 9.59 Å². The zero-order valence-corrected chi connectivity index (χ0v) is 14.2. The number of aromatic amines is 1. The van der Waals surface area contributed by atoms with Gasteiger partial charge in [-0.2, -0.15) is 0 Å². The molecule has 2 rings (SSSR count). The van der Waals surface area contributed by atoms with E-state index < -0.39 is 0 Å². The second kappa shape index (κ2) is 7.59. The molecule has 0 saturated carbocycles. The number of fused-ring (bicyclic) bond motifs is 1. The normalized spacial score (nSPS) is 10.2. The van der Waals surface area contributed by atoms with E-state index in [1.807, 2.05) is 25.2 Å². The van der Waals surface area contributed by atoms with Crippen molar-refractivity contribution in [3.63, 3.8) is 0 Å². The maximum Gasteiger partial charge on any atom is 0.254 e. The first kappa shape index (κ1) is 17.7. The Hall–Kier alpha value is -1.37. The molecule has 1 aromatic heterocycles. The summed E-state index contributed by atoms with van der Waals surface area (Å²) >= 11 is 3.39. The molecule has 7 heteroatoms. The van der Waals surface area contributed by atoms with Crippen LogP contribution in [0.4, 0.5) is 0 Å². The SMILES string of the molecule is CNCCN(C)C(=O)c1cc(=O)[nH]c2c(Br)cccc12.Cl. The molecule has 0 fully saturated rings. The molecule has 0 spiro atoms. The van der Waals surface area contributed by atoms with Gasteiger partial charge in [-0.1, -0.05) is 12.1 Å². The van der Waals surface area contributed by atoms with Crippen molar-refractivity contribution in [2.24, 2.45) is 0 Å². The Morgan fingerprint density at radius 2 is 2.14 bits per heavy atom. The van der Waals surface area contributed by atoms with Crippen molar-refractivity contribution in [1.29, 1.82) is 0 Å². The van der Waals surface area contributed by atoms with Gasteiger partial charge in [-0.15, -0.1) is 12.4 Å². The van der Waals surface area contributed by atoms with E-state index in [1.165, 1.54) is 6.07 Å². The molecule has 0 unspecified atom stereocenters. The number of pyridine rings is 1. The molecule has 0 aliphatic rings. The van der Waals surface area contributed by atoms with Crippen molar-refractivity contribution in [3.05, 3.63) is 44.7 Å². The lowest BCUT2D eigenvalue weighted by molar-refractivity contribution is 0.0798. The number of benzene rings is 1. The van der Waals surface area contributed by atoms with Crippen molar-refractivity contribution in [3.8, 4) is 0 Å². The Morgan fingerprint density at radius 3 is 2.81 bits per heavy atom. The van der Waals surface area contributed by atoms with Crippen LogP contribution < -0.4 is 10.9 Å². The van der Waals surface area contributed by atoms with E-state index in [-0.39, 0.29) is 23.9 Å². The summed E-state index contributed by atoms with van der Waals surface area (Å²) in [5.41, 5.74) is 0.781. The van der Waals surface area contributed by atoms with Crippen LogP contribution in [-0.2, 0) is 0 Å². The monoisotopic (exact) mass is 373 g/mol. The molecule has 0 aliphatic carbocycles. The van der Waals surface area contributed by atoms with Gasteiger partial charge < -0.3 is 15.2 Å². The van der Waals surface area contributed by atoms with Gasteiger partial charge in [0.2, 0.25) is 5.56 Å². The van der Waals surface area contributed by atoms with E-state index in [0.29, 0.717) is 24.2 Å². The van der Waals surface area contributed by atoms with E-state index in [2.05, 4.69) is 26.2 Å². The van der Waals surface area contributed by atoms with E-state index >= 15 is 0 Å². The zero-order chi connectivity index (χ0) is 14.7. The first-order chi connectivity index (χ1) is 9.54. The molecule has 0 saturated heterocycles. The fraction of sp³-hybridized carbons (Fsp3) is 0.286. The molecule has 1 aromatic carbocycles. The lowest BCUT2D eigenvalue weighted by atomic mass is 10.1. The summed E-state index contributed by atoms with van der Waals surface area (Å²) in [7, 11) is 3.56. The molecule has 1 heterocycles. The molecule has 114 valence electrons. The number of amides is 1. The second-order valence-corrected chi connectivity index (χ2v) is 5.39. The van der Waals surface area contributed by atoms with Crippen molar-refractivity contribution in [2.75, 3.05) is 27.2 Å². The van der Waals surface area contributed by atoms with Gasteiger partial charge >= 0.3 is 0 Å². The van der Waals surface area contributed by atoms with Crippen molar-refractivity contribution >= 4 is 45.1 Å². The molecule has 5 nitrogen and oxygen atoms in total. The molecule has 1 amide bonds. The average molecular weight is 375 g/mol. The fourth-order valence-electron chi connectivity index (χ4n) is 2.01. The van der Waals surface area contributed by atoms with E-state index in [0.717, 1.165) is 9.86 Å². The Morgan fingerprint density at radius 1 is 1.43 bits per heavy atom. The highest BCUT2D eigenvalue weighted by Gasteiger charge is 2.16. The molecular formula is C14H17BrClN3O2. The number of hydrogen-bond acceptors (Lipinski definition) is 3. The molecule has 21 heavy (non-hydrogen) atoms. The van der Waals surface area contributed by atoms with Crippen LogP contribution in [-0.4, -0.2) is 43.0 Å². The highest BCUT2D eigenvalue weighted by atomic mass is 79.9. The van der Waals surface area contributed by atoms with E-state index in [1.54, 1.807) is 11.9 Å². The molecule has 0 aliphatic heterocycles. The van der Waals surface area contributed by atoms with Crippen molar-refractivity contribution in [2.45, 2.75) is 0 Å². The lowest BCUT2D eigenvalue weighted by Crippen LogP contribution is -2.33. The standard InChI is InChI=1S/C14H16BrN3O2.ClH/c1-16-6-7-18(2)14(20)10-8-12(19)17-13-9(10)4-3-5-11(13)15;/h3-5,8,16H,6-7H2,1-2H3,(H,17,19);1H. The number of para-hydroxylation sites is 1. The maximum atomic E-state index is 12.5. The van der Waals surface area contributed by atoms with Crippen molar-refractivity contribution in [1.82, 2.24) is 15.2 Å². The number of halogens is 2. The number of aromatic nitrogens is 1. The molecule has 0 radical (unpaired) electrons. The van der Waals surface area contributed by atoms with E-state index in [4.69, 9.17) is 0 Å². The third-order valence-electron chi connectivity index (χ3n) is 3.10. The summed E-state index contributed by atoms with van der Waals surface area (Å²) in [6.45, 7) is 1.28. The van der Waals surface area contributed by atoms with Crippen molar-refractivity contribution < 1.29 is 4.79 Å². The van der Waals surface area contributed by atoms with Gasteiger partial charge in [0.25, 0.3) is 5.91 Å². The first-order valence-corrected chi connectivity index (χ1v) is 7.05. The Kier molecular flexibility index (Phi) is 6.39. The van der Waals surface area contributed by atoms with Crippen LogP contribution in [0.25, 0.3) is 10.9 Å². The Balaban J connectivity index is 0.00000220. The number of likely N-dealkylation sites (N-methyl/N-ethyl adjacent to an activating group) is 2. The second-order valence-electron chi connectivity index (χ2n) is 4.54. The Labute approximate surface area is 137 Å². The number of carbonyl (C=O) groups is 1. The van der Waals surface area contributed by atoms with Gasteiger partial charge in [0.05, 0.1) is 11.1 Å². The highest BCUT2D eigenvalue weighted by Crippen LogP contribution is 2.23. The van der Waals surface area contributed by atoms with Crippen LogP contribution in [0.1, 0.15) is 10.4 Å². The maximum absolute atomic E-state index is 12.5. The highest BCUT2D eigenvalue weighted by molar-refractivity contribution is 9.10. The largest absolute Gasteiger partial charge is 0.340 e. The minimum absolute atomic E-state index is 0. The van der Waals surface area contributed by atoms with Gasteiger partial charge in [0.1, 0.15) is 0 Å². The molecular weight excluding hydrogens is 358 g/mol. The summed E-state index contributed by atoms with van der Waals surface area (Å²) in [5, 5.41) is 3.73. The smallest absolute Gasteiger partial charge is 0.254 e. The van der Waals surface area contributed by atoms with Crippen LogP contribution in [0.15, 0.2) is 33.5 Å². The predicted molar refractivity (Wildman–Crippen MR) is 90.4 cm³/mol. The average Bonchev–Trinajstić information content (AvgIpc) is 2.44. The number of H-pyrrole nitrogens is 1. The lowest BCUT2D eigenvalue weighted by Gasteiger charge is -2.18. The van der Waals surface area contributed by atoms with Gasteiger partial charge in [0, 0.05) is 36.1 Å². The van der Waals surface area contributed by atoms with Gasteiger partial charge in [-0.25, -0.2) is 0 Å². The fourth-order valence-corrected chi connectivity index (χ4v) is 2.47. The molecule has 2 aromatic rings. The van der Waals surface area contributed by atoms with Crippen LogP contribution in [0.2, 0.25) is 0 Å².